The van der Waals surface area contributed by atoms with Crippen LogP contribution < -0.4 is 0 Å². The van der Waals surface area contributed by atoms with Gasteiger partial charge in [0.15, 0.2) is 0 Å². The van der Waals surface area contributed by atoms with Crippen molar-refractivity contribution < 1.29 is 15.0 Å². The average Bonchev–Trinajstić information content (AvgIpc) is 2.15. The molecule has 0 aliphatic carbocycles. The van der Waals surface area contributed by atoms with E-state index in [0.29, 0.717) is 11.1 Å². The van der Waals surface area contributed by atoms with E-state index in [-0.39, 0.29) is 5.75 Å². The SMILES string of the molecule is Cc1cc2cc(O)cc(C)c2cc1C(=O)O. The minimum atomic E-state index is -0.924. The standard InChI is InChI=1S/C13H12O3/c1-7-3-9-5-10(14)4-8(2)11(9)6-12(7)13(15)16/h3-6,14H,1-2H3,(H,15,16). The van der Waals surface area contributed by atoms with Crippen LogP contribution in [0.25, 0.3) is 10.8 Å². The Morgan fingerprint density at radius 2 is 1.75 bits per heavy atom. The molecule has 0 heterocycles. The summed E-state index contributed by atoms with van der Waals surface area (Å²) >= 11 is 0. The zero-order valence-corrected chi connectivity index (χ0v) is 9.11. The number of fused-ring (bicyclic) bond motifs is 1. The van der Waals surface area contributed by atoms with Crippen LogP contribution in [0.15, 0.2) is 24.3 Å². The third-order valence-corrected chi connectivity index (χ3v) is 2.72. The highest BCUT2D eigenvalue weighted by Gasteiger charge is 2.10. The number of aromatic hydroxyl groups is 1. The summed E-state index contributed by atoms with van der Waals surface area (Å²) in [5.41, 5.74) is 1.88. The summed E-state index contributed by atoms with van der Waals surface area (Å²) in [6.45, 7) is 3.60. The molecule has 3 heteroatoms. The van der Waals surface area contributed by atoms with Gasteiger partial charge in [-0.2, -0.15) is 0 Å². The summed E-state index contributed by atoms with van der Waals surface area (Å²) in [4.78, 5) is 11.0. The van der Waals surface area contributed by atoms with Gasteiger partial charge in [-0.1, -0.05) is 6.07 Å². The van der Waals surface area contributed by atoms with Crippen LogP contribution >= 0.6 is 0 Å². The molecule has 0 saturated heterocycles. The highest BCUT2D eigenvalue weighted by Crippen LogP contribution is 2.27. The third kappa shape index (κ3) is 1.60. The molecule has 82 valence electrons. The first kappa shape index (κ1) is 10.5. The quantitative estimate of drug-likeness (QED) is 0.770. The number of rotatable bonds is 1. The summed E-state index contributed by atoms with van der Waals surface area (Å²) in [6, 6.07) is 6.71. The van der Waals surface area contributed by atoms with Gasteiger partial charge in [-0.25, -0.2) is 4.79 Å². The Morgan fingerprint density at radius 3 is 2.38 bits per heavy atom. The van der Waals surface area contributed by atoms with Crippen LogP contribution in [0.1, 0.15) is 21.5 Å². The lowest BCUT2D eigenvalue weighted by Gasteiger charge is -2.07. The molecule has 0 radical (unpaired) electrons. The van der Waals surface area contributed by atoms with Crippen molar-refractivity contribution in [3.63, 3.8) is 0 Å². The third-order valence-electron chi connectivity index (χ3n) is 2.72. The monoisotopic (exact) mass is 216 g/mol. The molecule has 0 fully saturated rings. The Bertz CT molecular complexity index is 585. The summed E-state index contributed by atoms with van der Waals surface area (Å²) in [7, 11) is 0. The van der Waals surface area contributed by atoms with Crippen molar-refractivity contribution in [2.75, 3.05) is 0 Å². The predicted molar refractivity (Wildman–Crippen MR) is 62.0 cm³/mol. The molecule has 16 heavy (non-hydrogen) atoms. The maximum Gasteiger partial charge on any atom is 0.335 e. The minimum Gasteiger partial charge on any atom is -0.508 e. The number of phenols is 1. The van der Waals surface area contributed by atoms with Crippen LogP contribution in [-0.4, -0.2) is 16.2 Å². The molecule has 2 rings (SSSR count). The number of hydrogen-bond donors (Lipinski definition) is 2. The van der Waals surface area contributed by atoms with Crippen LogP contribution in [0.2, 0.25) is 0 Å². The molecule has 0 amide bonds. The Balaban J connectivity index is 2.84. The molecule has 0 aliphatic rings. The molecule has 2 N–H and O–H groups in total. The van der Waals surface area contributed by atoms with Crippen molar-refractivity contribution in [1.29, 1.82) is 0 Å². The second-order valence-corrected chi connectivity index (χ2v) is 3.96. The van der Waals surface area contributed by atoms with Crippen molar-refractivity contribution >= 4 is 16.7 Å². The molecule has 2 aromatic carbocycles. The summed E-state index contributed by atoms with van der Waals surface area (Å²) in [5, 5.41) is 20.2. The fraction of sp³-hybridized carbons (Fsp3) is 0.154. The van der Waals surface area contributed by atoms with E-state index in [0.717, 1.165) is 16.3 Å². The molecule has 0 bridgehead atoms. The van der Waals surface area contributed by atoms with Gasteiger partial charge in [0.05, 0.1) is 5.56 Å². The normalized spacial score (nSPS) is 10.6. The number of phenolic OH excluding ortho intramolecular Hbond substituents is 1. The molecule has 0 aliphatic heterocycles. The number of aromatic carboxylic acids is 1. The van der Waals surface area contributed by atoms with Crippen LogP contribution in [0.3, 0.4) is 0 Å². The van der Waals surface area contributed by atoms with Crippen LogP contribution in [0.5, 0.6) is 5.75 Å². The van der Waals surface area contributed by atoms with Crippen LogP contribution in [0, 0.1) is 13.8 Å². The van der Waals surface area contributed by atoms with Crippen molar-refractivity contribution in [2.45, 2.75) is 13.8 Å². The van der Waals surface area contributed by atoms with Gasteiger partial charge in [0, 0.05) is 0 Å². The van der Waals surface area contributed by atoms with Gasteiger partial charge in [0.2, 0.25) is 0 Å². The largest absolute Gasteiger partial charge is 0.508 e. The molecular formula is C13H12O3. The van der Waals surface area contributed by atoms with E-state index in [1.165, 1.54) is 0 Å². The summed E-state index contributed by atoms with van der Waals surface area (Å²) < 4.78 is 0. The van der Waals surface area contributed by atoms with Crippen molar-refractivity contribution in [1.82, 2.24) is 0 Å². The van der Waals surface area contributed by atoms with E-state index in [2.05, 4.69) is 0 Å². The van der Waals surface area contributed by atoms with Gasteiger partial charge in [0.25, 0.3) is 0 Å². The van der Waals surface area contributed by atoms with Gasteiger partial charge in [-0.3, -0.25) is 0 Å². The van der Waals surface area contributed by atoms with E-state index in [1.54, 1.807) is 31.2 Å². The first-order valence-electron chi connectivity index (χ1n) is 4.96. The lowest BCUT2D eigenvalue weighted by molar-refractivity contribution is 0.0696. The van der Waals surface area contributed by atoms with E-state index in [1.807, 2.05) is 6.92 Å². The average molecular weight is 216 g/mol. The van der Waals surface area contributed by atoms with Crippen molar-refractivity contribution in [3.8, 4) is 5.75 Å². The van der Waals surface area contributed by atoms with E-state index in [4.69, 9.17) is 5.11 Å². The molecule has 3 nitrogen and oxygen atoms in total. The van der Waals surface area contributed by atoms with Crippen molar-refractivity contribution in [3.05, 3.63) is 41.0 Å². The Kier molecular flexibility index (Phi) is 2.31. The number of aryl methyl sites for hydroxylation is 2. The van der Waals surface area contributed by atoms with Crippen LogP contribution in [0.4, 0.5) is 0 Å². The fourth-order valence-electron chi connectivity index (χ4n) is 1.92. The van der Waals surface area contributed by atoms with Gasteiger partial charge in [-0.15, -0.1) is 0 Å². The molecule has 0 spiro atoms. The maximum absolute atomic E-state index is 11.0. The van der Waals surface area contributed by atoms with E-state index >= 15 is 0 Å². The maximum atomic E-state index is 11.0. The highest BCUT2D eigenvalue weighted by atomic mass is 16.4. The second kappa shape index (κ2) is 3.52. The summed E-state index contributed by atoms with van der Waals surface area (Å²) in [5.74, 6) is -0.723. The van der Waals surface area contributed by atoms with Crippen molar-refractivity contribution in [2.24, 2.45) is 0 Å². The Morgan fingerprint density at radius 1 is 1.06 bits per heavy atom. The zero-order valence-electron chi connectivity index (χ0n) is 9.11. The zero-order chi connectivity index (χ0) is 11.9. The van der Waals surface area contributed by atoms with Crippen LogP contribution in [-0.2, 0) is 0 Å². The molecule has 2 aromatic rings. The predicted octanol–water partition coefficient (Wildman–Crippen LogP) is 2.86. The first-order valence-corrected chi connectivity index (χ1v) is 4.96. The summed E-state index contributed by atoms with van der Waals surface area (Å²) in [6.07, 6.45) is 0. The number of hydrogen-bond acceptors (Lipinski definition) is 2. The Labute approximate surface area is 93.0 Å². The lowest BCUT2D eigenvalue weighted by atomic mass is 9.98. The van der Waals surface area contributed by atoms with Gasteiger partial charge in [0.1, 0.15) is 5.75 Å². The molecule has 0 atom stereocenters. The molecular weight excluding hydrogens is 204 g/mol. The fourth-order valence-corrected chi connectivity index (χ4v) is 1.92. The van der Waals surface area contributed by atoms with Gasteiger partial charge in [-0.05, 0) is 53.9 Å². The second-order valence-electron chi connectivity index (χ2n) is 3.96. The molecule has 0 unspecified atom stereocenters. The van der Waals surface area contributed by atoms with Gasteiger partial charge >= 0.3 is 5.97 Å². The number of carboxylic acids is 1. The van der Waals surface area contributed by atoms with E-state index in [9.17, 15) is 9.90 Å². The number of benzene rings is 2. The number of carbonyl (C=O) groups is 1. The number of carboxylic acid groups (broad SMARTS) is 1. The first-order chi connectivity index (χ1) is 7.49. The lowest BCUT2D eigenvalue weighted by Crippen LogP contribution is -1.99. The van der Waals surface area contributed by atoms with Gasteiger partial charge < -0.3 is 10.2 Å². The highest BCUT2D eigenvalue weighted by molar-refractivity contribution is 5.97. The van der Waals surface area contributed by atoms with E-state index < -0.39 is 5.97 Å². The topological polar surface area (TPSA) is 57.5 Å². The molecule has 0 saturated carbocycles. The minimum absolute atomic E-state index is 0.201. The smallest absolute Gasteiger partial charge is 0.335 e. The molecule has 0 aromatic heterocycles. The Hall–Kier alpha value is -2.03.